The molecule has 1 saturated heterocycles. The fourth-order valence-corrected chi connectivity index (χ4v) is 3.60. The first-order chi connectivity index (χ1) is 8.64. The van der Waals surface area contributed by atoms with Crippen molar-refractivity contribution in [1.82, 2.24) is 4.90 Å². The van der Waals surface area contributed by atoms with Gasteiger partial charge in [-0.1, -0.05) is 12.8 Å². The standard InChI is InChI=1S/C13H19NO4/c15-11(9-7-13(9)3-1-2-4-13)14-5-6-18-8-10(14)12(16)17/h9-10H,1-8H2,(H,16,17). The molecule has 0 aromatic carbocycles. The molecule has 3 rings (SSSR count). The normalized spacial score (nSPS) is 33.7. The minimum Gasteiger partial charge on any atom is -0.480 e. The molecule has 2 atom stereocenters. The van der Waals surface area contributed by atoms with Crippen LogP contribution in [0.1, 0.15) is 32.1 Å². The smallest absolute Gasteiger partial charge is 0.328 e. The lowest BCUT2D eigenvalue weighted by Crippen LogP contribution is -2.53. The Balaban J connectivity index is 1.70. The maximum Gasteiger partial charge on any atom is 0.328 e. The minimum atomic E-state index is -0.954. The highest BCUT2D eigenvalue weighted by molar-refractivity contribution is 5.87. The van der Waals surface area contributed by atoms with Crippen LogP contribution in [-0.4, -0.2) is 47.7 Å². The third kappa shape index (κ3) is 1.81. The van der Waals surface area contributed by atoms with Gasteiger partial charge in [0.15, 0.2) is 6.04 Å². The molecule has 5 nitrogen and oxygen atoms in total. The van der Waals surface area contributed by atoms with Crippen molar-refractivity contribution in [2.75, 3.05) is 19.8 Å². The summed E-state index contributed by atoms with van der Waals surface area (Å²) in [5.41, 5.74) is 0.235. The van der Waals surface area contributed by atoms with Gasteiger partial charge in [0.05, 0.1) is 13.2 Å². The van der Waals surface area contributed by atoms with Crippen LogP contribution in [0.25, 0.3) is 0 Å². The summed E-state index contributed by atoms with van der Waals surface area (Å²) in [6.07, 6.45) is 5.69. The number of morpholine rings is 1. The van der Waals surface area contributed by atoms with E-state index in [1.165, 1.54) is 17.7 Å². The van der Waals surface area contributed by atoms with Crippen molar-refractivity contribution < 1.29 is 19.4 Å². The van der Waals surface area contributed by atoms with E-state index in [1.54, 1.807) is 0 Å². The number of ether oxygens (including phenoxy) is 1. The third-order valence-electron chi connectivity index (χ3n) is 4.78. The van der Waals surface area contributed by atoms with E-state index in [9.17, 15) is 9.59 Å². The Labute approximate surface area is 106 Å². The maximum atomic E-state index is 12.4. The average molecular weight is 253 g/mol. The van der Waals surface area contributed by atoms with Crippen LogP contribution in [0.15, 0.2) is 0 Å². The zero-order valence-corrected chi connectivity index (χ0v) is 10.4. The summed E-state index contributed by atoms with van der Waals surface area (Å²) in [7, 11) is 0. The fraction of sp³-hybridized carbons (Fsp3) is 0.846. The molecule has 2 aliphatic carbocycles. The zero-order valence-electron chi connectivity index (χ0n) is 10.4. The largest absolute Gasteiger partial charge is 0.480 e. The van der Waals surface area contributed by atoms with Crippen molar-refractivity contribution in [3.8, 4) is 0 Å². The second-order valence-corrected chi connectivity index (χ2v) is 5.79. The number of carbonyl (C=O) groups excluding carboxylic acids is 1. The molecule has 2 saturated carbocycles. The molecule has 100 valence electrons. The van der Waals surface area contributed by atoms with Crippen LogP contribution in [0, 0.1) is 11.3 Å². The van der Waals surface area contributed by atoms with E-state index in [-0.39, 0.29) is 23.8 Å². The molecule has 0 bridgehead atoms. The van der Waals surface area contributed by atoms with Gasteiger partial charge in [-0.2, -0.15) is 0 Å². The molecule has 1 spiro atoms. The number of carbonyl (C=O) groups is 2. The Kier molecular flexibility index (Phi) is 2.81. The lowest BCUT2D eigenvalue weighted by molar-refractivity contribution is -0.159. The van der Waals surface area contributed by atoms with E-state index in [1.807, 2.05) is 0 Å². The van der Waals surface area contributed by atoms with E-state index < -0.39 is 12.0 Å². The van der Waals surface area contributed by atoms with Crippen LogP contribution in [0.2, 0.25) is 0 Å². The molecule has 0 aromatic rings. The number of hydrogen-bond donors (Lipinski definition) is 1. The summed E-state index contributed by atoms with van der Waals surface area (Å²) in [6.45, 7) is 0.998. The lowest BCUT2D eigenvalue weighted by atomic mass is 10.0. The van der Waals surface area contributed by atoms with E-state index >= 15 is 0 Å². The first-order valence-corrected chi connectivity index (χ1v) is 6.75. The molecule has 3 fully saturated rings. The number of amides is 1. The molecule has 2 unspecified atom stereocenters. The second kappa shape index (κ2) is 4.23. The first-order valence-electron chi connectivity index (χ1n) is 6.75. The third-order valence-corrected chi connectivity index (χ3v) is 4.78. The fourth-order valence-electron chi connectivity index (χ4n) is 3.60. The van der Waals surface area contributed by atoms with Crippen LogP contribution in [0.4, 0.5) is 0 Å². The van der Waals surface area contributed by atoms with Crippen LogP contribution < -0.4 is 0 Å². The van der Waals surface area contributed by atoms with Crippen LogP contribution in [0.5, 0.6) is 0 Å². The van der Waals surface area contributed by atoms with Gasteiger partial charge in [0.25, 0.3) is 0 Å². The highest BCUT2D eigenvalue weighted by Gasteiger charge is 2.60. The Morgan fingerprint density at radius 3 is 2.67 bits per heavy atom. The second-order valence-electron chi connectivity index (χ2n) is 5.79. The van der Waals surface area contributed by atoms with E-state index in [2.05, 4.69) is 0 Å². The Hall–Kier alpha value is -1.10. The number of rotatable bonds is 2. The van der Waals surface area contributed by atoms with Crippen LogP contribution in [0.3, 0.4) is 0 Å². The summed E-state index contributed by atoms with van der Waals surface area (Å²) in [5.74, 6) is -0.822. The van der Waals surface area contributed by atoms with Gasteiger partial charge in [0.2, 0.25) is 5.91 Å². The number of nitrogens with zero attached hydrogens (tertiary/aromatic N) is 1. The number of carboxylic acids is 1. The Bertz CT molecular complexity index is 375. The van der Waals surface area contributed by atoms with E-state index in [0.29, 0.717) is 13.2 Å². The molecule has 5 heteroatoms. The van der Waals surface area contributed by atoms with Crippen molar-refractivity contribution in [3.05, 3.63) is 0 Å². The summed E-state index contributed by atoms with van der Waals surface area (Å²) in [5, 5.41) is 9.14. The average Bonchev–Trinajstić information content (AvgIpc) is 2.86. The van der Waals surface area contributed by atoms with Gasteiger partial charge >= 0.3 is 5.97 Å². The number of aliphatic carboxylic acids is 1. The monoisotopic (exact) mass is 253 g/mol. The predicted molar refractivity (Wildman–Crippen MR) is 63.0 cm³/mol. The van der Waals surface area contributed by atoms with Crippen molar-refractivity contribution in [2.24, 2.45) is 11.3 Å². The van der Waals surface area contributed by atoms with Gasteiger partial charge in [-0.3, -0.25) is 4.79 Å². The molecule has 18 heavy (non-hydrogen) atoms. The van der Waals surface area contributed by atoms with Crippen molar-refractivity contribution >= 4 is 11.9 Å². The Morgan fingerprint density at radius 1 is 1.28 bits per heavy atom. The molecule has 3 aliphatic rings. The van der Waals surface area contributed by atoms with E-state index in [0.717, 1.165) is 19.3 Å². The van der Waals surface area contributed by atoms with Gasteiger partial charge in [0.1, 0.15) is 0 Å². The van der Waals surface area contributed by atoms with Gasteiger partial charge in [-0.05, 0) is 24.7 Å². The van der Waals surface area contributed by atoms with E-state index in [4.69, 9.17) is 9.84 Å². The van der Waals surface area contributed by atoms with Crippen molar-refractivity contribution in [3.63, 3.8) is 0 Å². The van der Waals surface area contributed by atoms with Gasteiger partial charge in [-0.25, -0.2) is 4.79 Å². The summed E-state index contributed by atoms with van der Waals surface area (Å²) in [6, 6.07) is -0.787. The summed E-state index contributed by atoms with van der Waals surface area (Å²) >= 11 is 0. The maximum absolute atomic E-state index is 12.4. The number of hydrogen-bond acceptors (Lipinski definition) is 3. The SMILES string of the molecule is O=C(O)C1COCCN1C(=O)C1CC12CCCC2. The Morgan fingerprint density at radius 2 is 2.00 bits per heavy atom. The zero-order chi connectivity index (χ0) is 12.8. The minimum absolute atomic E-state index is 0.0487. The van der Waals surface area contributed by atoms with Crippen molar-refractivity contribution in [1.29, 1.82) is 0 Å². The van der Waals surface area contributed by atoms with Gasteiger partial charge < -0.3 is 14.7 Å². The van der Waals surface area contributed by atoms with Gasteiger partial charge in [-0.15, -0.1) is 0 Å². The predicted octanol–water partition coefficient (Wildman–Crippen LogP) is 0.879. The first kappa shape index (κ1) is 12.0. The quantitative estimate of drug-likeness (QED) is 0.793. The highest BCUT2D eigenvalue weighted by Crippen LogP contribution is 2.63. The number of carboxylic acid groups (broad SMARTS) is 1. The molecular weight excluding hydrogens is 234 g/mol. The highest BCUT2D eigenvalue weighted by atomic mass is 16.5. The van der Waals surface area contributed by atoms with Crippen molar-refractivity contribution in [2.45, 2.75) is 38.1 Å². The topological polar surface area (TPSA) is 66.8 Å². The van der Waals surface area contributed by atoms with Crippen LogP contribution >= 0.6 is 0 Å². The summed E-state index contributed by atoms with van der Waals surface area (Å²) < 4.78 is 5.17. The molecular formula is C13H19NO4. The molecule has 0 aromatic heterocycles. The molecule has 1 heterocycles. The molecule has 1 amide bonds. The molecule has 0 radical (unpaired) electrons. The van der Waals surface area contributed by atoms with Crippen LogP contribution in [-0.2, 0) is 14.3 Å². The lowest BCUT2D eigenvalue weighted by Gasteiger charge is -2.33. The molecule has 1 aliphatic heterocycles. The van der Waals surface area contributed by atoms with Gasteiger partial charge in [0, 0.05) is 12.5 Å². The molecule has 1 N–H and O–H groups in total. The summed E-state index contributed by atoms with van der Waals surface area (Å²) in [4.78, 5) is 25.1.